The Bertz CT molecular complexity index is 722. The summed E-state index contributed by atoms with van der Waals surface area (Å²) in [5, 5.41) is 3.71. The van der Waals surface area contributed by atoms with Crippen molar-refractivity contribution < 1.29 is 4.79 Å². The minimum absolute atomic E-state index is 0.281. The van der Waals surface area contributed by atoms with Crippen LogP contribution < -0.4 is 5.32 Å². The summed E-state index contributed by atoms with van der Waals surface area (Å²) in [6.45, 7) is 0. The first-order chi connectivity index (χ1) is 9.34. The van der Waals surface area contributed by atoms with Crippen molar-refractivity contribution in [3.05, 3.63) is 60.8 Å². The second-order valence-corrected chi connectivity index (χ2v) is 3.92. The lowest BCUT2D eigenvalue weighted by Crippen LogP contribution is -2.14. The number of rotatable bonds is 2. The van der Waals surface area contributed by atoms with Crippen molar-refractivity contribution >= 4 is 22.5 Å². The van der Waals surface area contributed by atoms with Crippen LogP contribution in [0.15, 0.2) is 55.1 Å². The Morgan fingerprint density at radius 2 is 1.95 bits per heavy atom. The van der Waals surface area contributed by atoms with Crippen molar-refractivity contribution in [1.82, 2.24) is 15.0 Å². The van der Waals surface area contributed by atoms with Crippen LogP contribution >= 0.6 is 0 Å². The van der Waals surface area contributed by atoms with E-state index in [4.69, 9.17) is 0 Å². The van der Waals surface area contributed by atoms with Gasteiger partial charge in [0.25, 0.3) is 5.91 Å². The van der Waals surface area contributed by atoms with Crippen molar-refractivity contribution in [2.24, 2.45) is 0 Å². The number of carbonyl (C=O) groups is 1. The number of nitrogens with one attached hydrogen (secondary N) is 1. The summed E-state index contributed by atoms with van der Waals surface area (Å²) in [6.07, 6.45) is 6.16. The van der Waals surface area contributed by atoms with Crippen LogP contribution in [0.5, 0.6) is 0 Å². The number of pyridine rings is 1. The van der Waals surface area contributed by atoms with E-state index in [1.807, 2.05) is 30.3 Å². The monoisotopic (exact) mass is 250 g/mol. The third kappa shape index (κ3) is 2.26. The molecular weight excluding hydrogens is 240 g/mol. The van der Waals surface area contributed by atoms with Gasteiger partial charge in [0.15, 0.2) is 0 Å². The predicted octanol–water partition coefficient (Wildman–Crippen LogP) is 2.28. The standard InChI is InChI=1S/C14H10N4O/c19-14(13-9-15-7-8-17-13)18-12-5-1-4-11-10(12)3-2-6-16-11/h1-9H,(H,18,19). The maximum atomic E-state index is 12.0. The van der Waals surface area contributed by atoms with Gasteiger partial charge >= 0.3 is 0 Å². The molecule has 0 aliphatic heterocycles. The van der Waals surface area contributed by atoms with Crippen molar-refractivity contribution in [3.8, 4) is 0 Å². The van der Waals surface area contributed by atoms with Crippen molar-refractivity contribution in [2.45, 2.75) is 0 Å². The molecule has 5 nitrogen and oxygen atoms in total. The Morgan fingerprint density at radius 1 is 1.00 bits per heavy atom. The van der Waals surface area contributed by atoms with E-state index in [1.165, 1.54) is 18.6 Å². The molecule has 1 aromatic carbocycles. The molecule has 0 unspecified atom stereocenters. The van der Waals surface area contributed by atoms with Gasteiger partial charge in [0.1, 0.15) is 5.69 Å². The van der Waals surface area contributed by atoms with Crippen LogP contribution in [0.2, 0.25) is 0 Å². The number of benzene rings is 1. The van der Waals surface area contributed by atoms with Gasteiger partial charge in [-0.25, -0.2) is 4.98 Å². The average molecular weight is 250 g/mol. The van der Waals surface area contributed by atoms with Gasteiger partial charge < -0.3 is 5.32 Å². The topological polar surface area (TPSA) is 67.8 Å². The fourth-order valence-corrected chi connectivity index (χ4v) is 1.82. The Hall–Kier alpha value is -2.82. The smallest absolute Gasteiger partial charge is 0.275 e. The van der Waals surface area contributed by atoms with Gasteiger partial charge in [0, 0.05) is 24.0 Å². The van der Waals surface area contributed by atoms with Crippen LogP contribution in [0, 0.1) is 0 Å². The Labute approximate surface area is 109 Å². The highest BCUT2D eigenvalue weighted by molar-refractivity contribution is 6.07. The number of fused-ring (bicyclic) bond motifs is 1. The molecule has 0 fully saturated rings. The minimum Gasteiger partial charge on any atom is -0.320 e. The Kier molecular flexibility index (Phi) is 2.86. The SMILES string of the molecule is O=C(Nc1cccc2ncccc12)c1cnccn1. The van der Waals surface area contributed by atoms with Crippen LogP contribution in [-0.4, -0.2) is 20.9 Å². The Morgan fingerprint density at radius 3 is 2.79 bits per heavy atom. The summed E-state index contributed by atoms with van der Waals surface area (Å²) in [5.41, 5.74) is 1.82. The number of nitrogens with zero attached hydrogens (tertiary/aromatic N) is 3. The largest absolute Gasteiger partial charge is 0.320 e. The van der Waals surface area contributed by atoms with Crippen molar-refractivity contribution in [3.63, 3.8) is 0 Å². The molecule has 1 amide bonds. The van der Waals surface area contributed by atoms with E-state index in [0.29, 0.717) is 5.69 Å². The second kappa shape index (κ2) is 4.81. The molecule has 0 saturated carbocycles. The first-order valence-corrected chi connectivity index (χ1v) is 5.76. The number of amides is 1. The average Bonchev–Trinajstić information content (AvgIpc) is 2.48. The summed E-state index contributed by atoms with van der Waals surface area (Å²) in [4.78, 5) is 24.1. The van der Waals surface area contributed by atoms with Crippen LogP contribution in [-0.2, 0) is 0 Å². The number of hydrogen-bond donors (Lipinski definition) is 1. The molecule has 0 bridgehead atoms. The highest BCUT2D eigenvalue weighted by Gasteiger charge is 2.09. The fraction of sp³-hybridized carbons (Fsp3) is 0. The van der Waals surface area contributed by atoms with Gasteiger partial charge in [-0.15, -0.1) is 0 Å². The zero-order chi connectivity index (χ0) is 13.1. The van der Waals surface area contributed by atoms with E-state index in [-0.39, 0.29) is 11.6 Å². The third-order valence-electron chi connectivity index (χ3n) is 2.69. The molecule has 0 radical (unpaired) electrons. The highest BCUT2D eigenvalue weighted by atomic mass is 16.1. The number of carbonyl (C=O) groups excluding carboxylic acids is 1. The maximum absolute atomic E-state index is 12.0. The molecule has 0 aliphatic rings. The van der Waals surface area contributed by atoms with Crippen LogP contribution in [0.3, 0.4) is 0 Å². The van der Waals surface area contributed by atoms with Gasteiger partial charge in [0.05, 0.1) is 17.4 Å². The lowest BCUT2D eigenvalue weighted by Gasteiger charge is -2.07. The lowest BCUT2D eigenvalue weighted by atomic mass is 10.2. The number of hydrogen-bond acceptors (Lipinski definition) is 4. The molecule has 1 N–H and O–H groups in total. The van der Waals surface area contributed by atoms with Crippen molar-refractivity contribution in [2.75, 3.05) is 5.32 Å². The van der Waals surface area contributed by atoms with E-state index >= 15 is 0 Å². The minimum atomic E-state index is -0.288. The van der Waals surface area contributed by atoms with Gasteiger partial charge in [-0.2, -0.15) is 0 Å². The molecule has 2 heterocycles. The summed E-state index contributed by atoms with van der Waals surface area (Å²) >= 11 is 0. The molecule has 0 spiro atoms. The molecule has 3 aromatic rings. The molecule has 3 rings (SSSR count). The molecule has 19 heavy (non-hydrogen) atoms. The molecular formula is C14H10N4O. The van der Waals surface area contributed by atoms with E-state index in [0.717, 1.165) is 10.9 Å². The highest BCUT2D eigenvalue weighted by Crippen LogP contribution is 2.21. The van der Waals surface area contributed by atoms with Crippen LogP contribution in [0.4, 0.5) is 5.69 Å². The summed E-state index contributed by atoms with van der Waals surface area (Å²) in [5.74, 6) is -0.288. The first kappa shape index (κ1) is 11.3. The molecule has 2 aromatic heterocycles. The zero-order valence-corrected chi connectivity index (χ0v) is 9.95. The molecule has 0 aliphatic carbocycles. The van der Waals surface area contributed by atoms with Gasteiger partial charge in [-0.1, -0.05) is 6.07 Å². The Balaban J connectivity index is 1.96. The lowest BCUT2D eigenvalue weighted by molar-refractivity contribution is 0.102. The van der Waals surface area contributed by atoms with Gasteiger partial charge in [-0.3, -0.25) is 14.8 Å². The third-order valence-corrected chi connectivity index (χ3v) is 2.69. The predicted molar refractivity (Wildman–Crippen MR) is 71.7 cm³/mol. The quantitative estimate of drug-likeness (QED) is 0.757. The normalized spacial score (nSPS) is 10.3. The second-order valence-electron chi connectivity index (χ2n) is 3.92. The first-order valence-electron chi connectivity index (χ1n) is 5.76. The molecule has 0 saturated heterocycles. The summed E-state index contributed by atoms with van der Waals surface area (Å²) in [7, 11) is 0. The van der Waals surface area contributed by atoms with Gasteiger partial charge in [0.2, 0.25) is 0 Å². The summed E-state index contributed by atoms with van der Waals surface area (Å²) < 4.78 is 0. The van der Waals surface area contributed by atoms with E-state index < -0.39 is 0 Å². The fourth-order valence-electron chi connectivity index (χ4n) is 1.82. The summed E-state index contributed by atoms with van der Waals surface area (Å²) in [6, 6.07) is 9.32. The maximum Gasteiger partial charge on any atom is 0.275 e. The number of aromatic nitrogens is 3. The van der Waals surface area contributed by atoms with E-state index in [2.05, 4.69) is 20.3 Å². The van der Waals surface area contributed by atoms with Crippen LogP contribution in [0.1, 0.15) is 10.5 Å². The molecule has 92 valence electrons. The van der Waals surface area contributed by atoms with Gasteiger partial charge in [-0.05, 0) is 24.3 Å². The number of anilines is 1. The molecule has 5 heteroatoms. The zero-order valence-electron chi connectivity index (χ0n) is 9.95. The van der Waals surface area contributed by atoms with E-state index in [9.17, 15) is 4.79 Å². The van der Waals surface area contributed by atoms with E-state index in [1.54, 1.807) is 6.20 Å². The van der Waals surface area contributed by atoms with Crippen molar-refractivity contribution in [1.29, 1.82) is 0 Å². The van der Waals surface area contributed by atoms with Crippen LogP contribution in [0.25, 0.3) is 10.9 Å². The molecule has 0 atom stereocenters.